The summed E-state index contributed by atoms with van der Waals surface area (Å²) in [6, 6.07) is 5.91. The zero-order valence-corrected chi connectivity index (χ0v) is 12.4. The Morgan fingerprint density at radius 1 is 1.48 bits per heavy atom. The van der Waals surface area contributed by atoms with Crippen LogP contribution in [0.25, 0.3) is 0 Å². The molecule has 0 saturated carbocycles. The monoisotopic (exact) mass is 317 g/mol. The van der Waals surface area contributed by atoms with E-state index in [4.69, 9.17) is 10.4 Å². The highest BCUT2D eigenvalue weighted by Gasteiger charge is 2.34. The molecule has 0 saturated heterocycles. The Labute approximate surface area is 132 Å². The van der Waals surface area contributed by atoms with Crippen molar-refractivity contribution < 1.29 is 24.5 Å². The van der Waals surface area contributed by atoms with Crippen molar-refractivity contribution >= 4 is 17.6 Å². The zero-order valence-electron chi connectivity index (χ0n) is 12.4. The Kier molecular flexibility index (Phi) is 4.83. The van der Waals surface area contributed by atoms with Gasteiger partial charge in [-0.1, -0.05) is 0 Å². The molecule has 8 heteroatoms. The van der Waals surface area contributed by atoms with Crippen LogP contribution in [0.1, 0.15) is 5.56 Å². The Bertz CT molecular complexity index is 720. The lowest BCUT2D eigenvalue weighted by Gasteiger charge is -2.15. The van der Waals surface area contributed by atoms with E-state index in [0.717, 1.165) is 0 Å². The summed E-state index contributed by atoms with van der Waals surface area (Å²) in [5, 5.41) is 30.3. The molecule has 0 aromatic heterocycles. The molecule has 8 nitrogen and oxygen atoms in total. The molecule has 1 aliphatic heterocycles. The minimum atomic E-state index is -0.665. The van der Waals surface area contributed by atoms with E-state index in [1.807, 2.05) is 6.07 Å². The number of esters is 1. The Balaban J connectivity index is 2.37. The highest BCUT2D eigenvalue weighted by atomic mass is 16.5. The summed E-state index contributed by atoms with van der Waals surface area (Å²) >= 11 is 0. The highest BCUT2D eigenvalue weighted by Crippen LogP contribution is 2.25. The zero-order chi connectivity index (χ0) is 17.0. The number of nitrogens with zero attached hydrogens (tertiary/aromatic N) is 2. The minimum Gasteiger partial charge on any atom is -0.508 e. The molecule has 1 aromatic carbocycles. The molecule has 0 atom stereocenters. The second kappa shape index (κ2) is 6.81. The van der Waals surface area contributed by atoms with Gasteiger partial charge < -0.3 is 25.2 Å². The maximum atomic E-state index is 12.3. The third-order valence-corrected chi connectivity index (χ3v) is 3.27. The maximum absolute atomic E-state index is 12.3. The molecule has 0 bridgehead atoms. The fourth-order valence-corrected chi connectivity index (χ4v) is 2.24. The van der Waals surface area contributed by atoms with Gasteiger partial charge in [-0.05, 0) is 12.1 Å². The summed E-state index contributed by atoms with van der Waals surface area (Å²) in [6.07, 6.45) is 0. The summed E-state index contributed by atoms with van der Waals surface area (Å²) in [6.45, 7) is -0.148. The standard InChI is InChI=1S/C15H15N3O5/c1-23-15(22)12-8-18(2-3-19)14(21)13(12)17-10-4-9(7-16)5-11(20)6-10/h4-6,17,19-20H,2-3,8H2,1H3. The van der Waals surface area contributed by atoms with E-state index in [1.165, 1.54) is 30.2 Å². The first-order valence-electron chi connectivity index (χ1n) is 6.73. The van der Waals surface area contributed by atoms with Crippen molar-refractivity contribution in [3.63, 3.8) is 0 Å². The lowest BCUT2D eigenvalue weighted by atomic mass is 10.2. The number of hydrogen-bond acceptors (Lipinski definition) is 7. The Morgan fingerprint density at radius 2 is 2.22 bits per heavy atom. The Morgan fingerprint density at radius 3 is 2.83 bits per heavy atom. The number of aliphatic hydroxyl groups excluding tert-OH is 1. The number of aliphatic hydroxyl groups is 1. The summed E-state index contributed by atoms with van der Waals surface area (Å²) in [4.78, 5) is 25.5. The van der Waals surface area contributed by atoms with E-state index in [9.17, 15) is 14.7 Å². The van der Waals surface area contributed by atoms with Crippen LogP contribution in [0.3, 0.4) is 0 Å². The number of aromatic hydroxyl groups is 1. The first kappa shape index (κ1) is 16.3. The number of anilines is 1. The lowest BCUT2D eigenvalue weighted by Crippen LogP contribution is -2.31. The van der Waals surface area contributed by atoms with Crippen molar-refractivity contribution in [3.8, 4) is 11.8 Å². The number of carbonyl (C=O) groups is 2. The summed E-state index contributed by atoms with van der Waals surface area (Å²) in [5.41, 5.74) is 0.607. The van der Waals surface area contributed by atoms with Crippen molar-refractivity contribution in [2.75, 3.05) is 32.1 Å². The van der Waals surface area contributed by atoms with E-state index < -0.39 is 11.9 Å². The normalized spacial score (nSPS) is 14.0. The van der Waals surface area contributed by atoms with E-state index in [2.05, 4.69) is 10.1 Å². The number of benzene rings is 1. The number of nitrogens with one attached hydrogen (secondary N) is 1. The van der Waals surface area contributed by atoms with Crippen molar-refractivity contribution in [3.05, 3.63) is 35.0 Å². The van der Waals surface area contributed by atoms with Crippen molar-refractivity contribution in [1.82, 2.24) is 4.90 Å². The molecule has 1 aliphatic rings. The number of β-amino-alcohol motifs (C(OH)–C–C–N with tert-alkyl or cyclic N) is 1. The predicted molar refractivity (Wildman–Crippen MR) is 79.2 cm³/mol. The van der Waals surface area contributed by atoms with Crippen molar-refractivity contribution in [1.29, 1.82) is 5.26 Å². The maximum Gasteiger partial charge on any atom is 0.337 e. The van der Waals surface area contributed by atoms with Gasteiger partial charge in [0.2, 0.25) is 0 Å². The summed E-state index contributed by atoms with van der Waals surface area (Å²) in [5.74, 6) is -1.28. The third-order valence-electron chi connectivity index (χ3n) is 3.27. The van der Waals surface area contributed by atoms with Gasteiger partial charge in [0.05, 0.1) is 37.5 Å². The van der Waals surface area contributed by atoms with Gasteiger partial charge in [0.25, 0.3) is 5.91 Å². The molecule has 0 spiro atoms. The van der Waals surface area contributed by atoms with Crippen LogP contribution in [-0.4, -0.2) is 53.8 Å². The molecule has 0 radical (unpaired) electrons. The molecule has 23 heavy (non-hydrogen) atoms. The van der Waals surface area contributed by atoms with Gasteiger partial charge in [0.15, 0.2) is 0 Å². The molecular weight excluding hydrogens is 302 g/mol. The van der Waals surface area contributed by atoms with Crippen LogP contribution in [0, 0.1) is 11.3 Å². The number of carbonyl (C=O) groups excluding carboxylic acids is 2. The van der Waals surface area contributed by atoms with E-state index in [0.29, 0.717) is 0 Å². The molecule has 3 N–H and O–H groups in total. The minimum absolute atomic E-state index is 0.000195. The van der Waals surface area contributed by atoms with Crippen LogP contribution in [0.2, 0.25) is 0 Å². The topological polar surface area (TPSA) is 123 Å². The van der Waals surface area contributed by atoms with Gasteiger partial charge in [-0.2, -0.15) is 5.26 Å². The number of hydrogen-bond donors (Lipinski definition) is 3. The van der Waals surface area contributed by atoms with Crippen LogP contribution in [0.4, 0.5) is 5.69 Å². The first-order chi connectivity index (χ1) is 11.0. The number of ether oxygens (including phenoxy) is 1. The van der Waals surface area contributed by atoms with Gasteiger partial charge in [-0.3, -0.25) is 4.79 Å². The smallest absolute Gasteiger partial charge is 0.337 e. The molecule has 1 heterocycles. The summed E-state index contributed by atoms with van der Waals surface area (Å²) < 4.78 is 4.67. The van der Waals surface area contributed by atoms with Crippen LogP contribution in [-0.2, 0) is 14.3 Å². The highest BCUT2D eigenvalue weighted by molar-refractivity contribution is 6.08. The second-order valence-corrected chi connectivity index (χ2v) is 4.80. The number of methoxy groups -OCH3 is 1. The Hall–Kier alpha value is -3.05. The average molecular weight is 317 g/mol. The quantitative estimate of drug-likeness (QED) is 0.650. The van der Waals surface area contributed by atoms with Crippen molar-refractivity contribution in [2.45, 2.75) is 0 Å². The first-order valence-corrected chi connectivity index (χ1v) is 6.73. The van der Waals surface area contributed by atoms with Gasteiger partial charge >= 0.3 is 5.97 Å². The number of nitriles is 1. The van der Waals surface area contributed by atoms with E-state index in [-0.39, 0.29) is 48.0 Å². The molecule has 0 fully saturated rings. The van der Waals surface area contributed by atoms with Crippen LogP contribution >= 0.6 is 0 Å². The number of phenolic OH excluding ortho intramolecular Hbond substituents is 1. The van der Waals surface area contributed by atoms with Crippen LogP contribution in [0.5, 0.6) is 5.75 Å². The molecule has 2 rings (SSSR count). The fraction of sp³-hybridized carbons (Fsp3) is 0.267. The average Bonchev–Trinajstić information content (AvgIpc) is 2.83. The lowest BCUT2D eigenvalue weighted by molar-refractivity contribution is -0.136. The number of rotatable bonds is 5. The van der Waals surface area contributed by atoms with Crippen molar-refractivity contribution in [2.24, 2.45) is 0 Å². The molecule has 0 unspecified atom stereocenters. The molecule has 1 aromatic rings. The fourth-order valence-electron chi connectivity index (χ4n) is 2.24. The SMILES string of the molecule is COC(=O)C1=C(Nc2cc(O)cc(C#N)c2)C(=O)N(CCO)C1. The van der Waals surface area contributed by atoms with E-state index in [1.54, 1.807) is 0 Å². The largest absolute Gasteiger partial charge is 0.508 e. The van der Waals surface area contributed by atoms with Gasteiger partial charge in [0.1, 0.15) is 11.4 Å². The molecule has 120 valence electrons. The predicted octanol–water partition coefficient (Wildman–Crippen LogP) is -0.0626. The third kappa shape index (κ3) is 3.41. The summed E-state index contributed by atoms with van der Waals surface area (Å²) in [7, 11) is 1.20. The van der Waals surface area contributed by atoms with Crippen LogP contribution < -0.4 is 5.32 Å². The molecular formula is C15H15N3O5. The number of phenols is 1. The van der Waals surface area contributed by atoms with Gasteiger partial charge in [-0.25, -0.2) is 4.79 Å². The number of amides is 1. The van der Waals surface area contributed by atoms with E-state index >= 15 is 0 Å². The van der Waals surface area contributed by atoms with Crippen LogP contribution in [0.15, 0.2) is 29.5 Å². The van der Waals surface area contributed by atoms with Gasteiger partial charge in [0, 0.05) is 18.3 Å². The second-order valence-electron chi connectivity index (χ2n) is 4.80. The van der Waals surface area contributed by atoms with Gasteiger partial charge in [-0.15, -0.1) is 0 Å². The molecule has 1 amide bonds. The molecule has 0 aliphatic carbocycles.